The number of carbonyl (C=O) groups excluding carboxylic acids is 3. The minimum Gasteiger partial charge on any atom is -0.372 e. The second-order valence-electron chi connectivity index (χ2n) is 8.16. The van der Waals surface area contributed by atoms with E-state index in [1.807, 2.05) is 12.1 Å². The summed E-state index contributed by atoms with van der Waals surface area (Å²) in [5.41, 5.74) is 2.48. The molecule has 2 saturated heterocycles. The zero-order valence-corrected chi connectivity index (χ0v) is 17.6. The molecule has 4 rings (SSSR count). The first-order chi connectivity index (χ1) is 14.2. The van der Waals surface area contributed by atoms with E-state index in [2.05, 4.69) is 10.2 Å². The van der Waals surface area contributed by atoms with Gasteiger partial charge in [0.25, 0.3) is 16.0 Å². The molecule has 2 fully saturated rings. The Morgan fingerprint density at radius 2 is 1.87 bits per heavy atom. The number of nitrogens with one attached hydrogen (secondary N) is 1. The maximum Gasteiger partial charge on any atom is 0.264 e. The minimum atomic E-state index is -3.42. The summed E-state index contributed by atoms with van der Waals surface area (Å²) >= 11 is 0. The van der Waals surface area contributed by atoms with Crippen LogP contribution in [0, 0.1) is 5.92 Å². The molecule has 1 unspecified atom stereocenters. The highest BCUT2D eigenvalue weighted by atomic mass is 32.2. The van der Waals surface area contributed by atoms with Gasteiger partial charge in [0.2, 0.25) is 11.8 Å². The summed E-state index contributed by atoms with van der Waals surface area (Å²) in [5, 5.41) is 2.31. The number of benzene rings is 1. The normalized spacial score (nSPS) is 23.0. The van der Waals surface area contributed by atoms with Gasteiger partial charge in [0, 0.05) is 37.3 Å². The van der Waals surface area contributed by atoms with E-state index in [0.29, 0.717) is 18.5 Å². The Balaban J connectivity index is 1.40. The molecule has 9 nitrogen and oxygen atoms in total. The van der Waals surface area contributed by atoms with Gasteiger partial charge in [-0.2, -0.15) is 8.42 Å². The van der Waals surface area contributed by atoms with Crippen molar-refractivity contribution in [2.24, 2.45) is 5.92 Å². The molecule has 0 aliphatic carbocycles. The van der Waals surface area contributed by atoms with Gasteiger partial charge in [0.1, 0.15) is 6.04 Å². The molecular weight excluding hydrogens is 410 g/mol. The summed E-state index contributed by atoms with van der Waals surface area (Å²) in [4.78, 5) is 40.1. The highest BCUT2D eigenvalue weighted by molar-refractivity contribution is 7.85. The first-order valence-corrected chi connectivity index (χ1v) is 11.9. The second-order valence-corrected chi connectivity index (χ2v) is 9.80. The van der Waals surface area contributed by atoms with Gasteiger partial charge in [0.05, 0.1) is 12.9 Å². The Kier molecular flexibility index (Phi) is 5.54. The van der Waals surface area contributed by atoms with Crippen LogP contribution in [0.15, 0.2) is 18.2 Å². The number of anilines is 1. The summed E-state index contributed by atoms with van der Waals surface area (Å²) in [5.74, 6) is -0.684. The van der Waals surface area contributed by atoms with Crippen molar-refractivity contribution >= 4 is 33.5 Å². The molecule has 10 heteroatoms. The van der Waals surface area contributed by atoms with Crippen molar-refractivity contribution in [3.05, 3.63) is 29.3 Å². The zero-order chi connectivity index (χ0) is 21.5. The lowest BCUT2D eigenvalue weighted by Crippen LogP contribution is -2.52. The van der Waals surface area contributed by atoms with Gasteiger partial charge in [-0.1, -0.05) is 0 Å². The number of imide groups is 1. The molecular formula is C20H25N3O6S. The number of carbonyl (C=O) groups is 3. The number of rotatable bonds is 5. The third-order valence-electron chi connectivity index (χ3n) is 6.00. The van der Waals surface area contributed by atoms with E-state index in [-0.39, 0.29) is 30.8 Å². The smallest absolute Gasteiger partial charge is 0.264 e. The molecule has 3 aliphatic heterocycles. The van der Waals surface area contributed by atoms with Gasteiger partial charge in [-0.3, -0.25) is 23.9 Å². The summed E-state index contributed by atoms with van der Waals surface area (Å²) in [6.07, 6.45) is 3.30. The van der Waals surface area contributed by atoms with Crippen molar-refractivity contribution in [2.45, 2.75) is 38.3 Å². The molecule has 162 valence electrons. The van der Waals surface area contributed by atoms with Gasteiger partial charge in [-0.05, 0) is 48.9 Å². The van der Waals surface area contributed by atoms with Crippen LogP contribution in [0.25, 0.3) is 0 Å². The Morgan fingerprint density at radius 1 is 1.13 bits per heavy atom. The fourth-order valence-electron chi connectivity index (χ4n) is 4.34. The average molecular weight is 436 g/mol. The molecule has 0 saturated carbocycles. The van der Waals surface area contributed by atoms with Crippen molar-refractivity contribution in [3.8, 4) is 0 Å². The van der Waals surface area contributed by atoms with Crippen LogP contribution >= 0.6 is 0 Å². The lowest BCUT2D eigenvalue weighted by atomic mass is 9.97. The van der Waals surface area contributed by atoms with Crippen molar-refractivity contribution < 1.29 is 27.0 Å². The Hall–Kier alpha value is -2.46. The van der Waals surface area contributed by atoms with Crippen molar-refractivity contribution in [2.75, 3.05) is 30.9 Å². The van der Waals surface area contributed by atoms with E-state index in [0.717, 1.165) is 43.4 Å². The summed E-state index contributed by atoms with van der Waals surface area (Å²) < 4.78 is 27.3. The van der Waals surface area contributed by atoms with Crippen LogP contribution in [-0.4, -0.2) is 63.0 Å². The first-order valence-electron chi connectivity index (χ1n) is 10.1. The predicted molar refractivity (Wildman–Crippen MR) is 108 cm³/mol. The van der Waals surface area contributed by atoms with Gasteiger partial charge >= 0.3 is 0 Å². The molecule has 0 bridgehead atoms. The summed E-state index contributed by atoms with van der Waals surface area (Å²) in [6.45, 7) is 2.13. The van der Waals surface area contributed by atoms with Crippen LogP contribution < -0.4 is 10.2 Å². The van der Waals surface area contributed by atoms with Crippen LogP contribution in [0.5, 0.6) is 0 Å². The first kappa shape index (κ1) is 20.8. The lowest BCUT2D eigenvalue weighted by molar-refractivity contribution is -0.136. The van der Waals surface area contributed by atoms with Crippen LogP contribution in [0.3, 0.4) is 0 Å². The van der Waals surface area contributed by atoms with Crippen molar-refractivity contribution in [1.29, 1.82) is 0 Å². The van der Waals surface area contributed by atoms with E-state index in [1.165, 1.54) is 0 Å². The number of piperidine rings is 2. The predicted octanol–water partition coefficient (Wildman–Crippen LogP) is 0.640. The van der Waals surface area contributed by atoms with E-state index in [1.54, 1.807) is 11.0 Å². The zero-order valence-electron chi connectivity index (χ0n) is 16.8. The molecule has 1 aromatic carbocycles. The number of hydrogen-bond acceptors (Lipinski definition) is 7. The van der Waals surface area contributed by atoms with E-state index in [4.69, 9.17) is 4.18 Å². The molecule has 1 N–H and O–H groups in total. The number of hydrogen-bond donors (Lipinski definition) is 1. The third-order valence-corrected chi connectivity index (χ3v) is 6.57. The van der Waals surface area contributed by atoms with Gasteiger partial charge in [0.15, 0.2) is 0 Å². The van der Waals surface area contributed by atoms with E-state index in [9.17, 15) is 22.8 Å². The molecule has 1 aromatic rings. The highest BCUT2D eigenvalue weighted by Crippen LogP contribution is 2.32. The number of nitrogens with zero attached hydrogens (tertiary/aromatic N) is 2. The SMILES string of the molecule is CS(=O)(=O)OCC1CCN(c2ccc3c(c2)CN(C2CCC(=O)NC2=O)C3=O)CC1. The van der Waals surface area contributed by atoms with Crippen LogP contribution in [0.2, 0.25) is 0 Å². The number of fused-ring (bicyclic) bond motifs is 1. The molecule has 3 amide bonds. The quantitative estimate of drug-likeness (QED) is 0.533. The Bertz CT molecular complexity index is 984. The largest absolute Gasteiger partial charge is 0.372 e. The fourth-order valence-corrected chi connectivity index (χ4v) is 4.77. The van der Waals surface area contributed by atoms with Crippen molar-refractivity contribution in [1.82, 2.24) is 10.2 Å². The monoisotopic (exact) mass is 435 g/mol. The molecule has 1 atom stereocenters. The Labute approximate surface area is 175 Å². The molecule has 0 radical (unpaired) electrons. The highest BCUT2D eigenvalue weighted by Gasteiger charge is 2.39. The van der Waals surface area contributed by atoms with Crippen molar-refractivity contribution in [3.63, 3.8) is 0 Å². The Morgan fingerprint density at radius 3 is 2.53 bits per heavy atom. The molecule has 0 aromatic heterocycles. The average Bonchev–Trinajstić information content (AvgIpc) is 3.02. The topological polar surface area (TPSA) is 113 Å². The number of amides is 3. The van der Waals surface area contributed by atoms with E-state index >= 15 is 0 Å². The lowest BCUT2D eigenvalue weighted by Gasteiger charge is -2.33. The summed E-state index contributed by atoms with van der Waals surface area (Å²) in [6, 6.07) is 5.10. The van der Waals surface area contributed by atoms with Gasteiger partial charge in [-0.25, -0.2) is 0 Å². The molecule has 30 heavy (non-hydrogen) atoms. The standard InChI is InChI=1S/C20H25N3O6S/c1-30(27,28)29-12-13-6-8-22(9-7-13)15-2-3-16-14(10-15)11-23(20(16)26)17-4-5-18(24)21-19(17)25/h2-3,10,13,17H,4-9,11-12H2,1H3,(H,21,24,25). The maximum atomic E-state index is 12.8. The van der Waals surface area contributed by atoms with E-state index < -0.39 is 22.1 Å². The summed E-state index contributed by atoms with van der Waals surface area (Å²) in [7, 11) is -3.42. The maximum absolute atomic E-state index is 12.8. The fraction of sp³-hybridized carbons (Fsp3) is 0.550. The van der Waals surface area contributed by atoms with Crippen LogP contribution in [0.1, 0.15) is 41.6 Å². The van der Waals surface area contributed by atoms with Gasteiger partial charge < -0.3 is 9.80 Å². The molecule has 3 heterocycles. The molecule has 0 spiro atoms. The minimum absolute atomic E-state index is 0.178. The third kappa shape index (κ3) is 4.34. The second kappa shape index (κ2) is 7.99. The van der Waals surface area contributed by atoms with Gasteiger partial charge in [-0.15, -0.1) is 0 Å². The van der Waals surface area contributed by atoms with Crippen LogP contribution in [-0.2, 0) is 30.4 Å². The molecule has 3 aliphatic rings. The van der Waals surface area contributed by atoms with Crippen LogP contribution in [0.4, 0.5) is 5.69 Å².